The van der Waals surface area contributed by atoms with Crippen molar-refractivity contribution in [3.63, 3.8) is 0 Å². The molecular formula is C102H102N6. The van der Waals surface area contributed by atoms with Crippen LogP contribution < -0.4 is 14.7 Å². The molecule has 0 radical (unpaired) electrons. The monoisotopic (exact) mass is 1410 g/mol. The summed E-state index contributed by atoms with van der Waals surface area (Å²) in [6.45, 7) is 9.70. The Labute approximate surface area is 639 Å². The minimum absolute atomic E-state index is 0.896. The lowest BCUT2D eigenvalue weighted by atomic mass is 10.0. The molecule has 6 nitrogen and oxygen atoms in total. The molecule has 540 valence electrons. The highest BCUT2D eigenvalue weighted by Gasteiger charge is 2.30. The summed E-state index contributed by atoms with van der Waals surface area (Å²) < 4.78 is 8.50. The van der Waals surface area contributed by atoms with Gasteiger partial charge in [-0.3, -0.25) is 0 Å². The Bertz CT molecular complexity index is 5020. The van der Waals surface area contributed by atoms with E-state index in [1.165, 1.54) is 195 Å². The van der Waals surface area contributed by atoms with Crippen molar-refractivity contribution < 1.29 is 0 Å². The van der Waals surface area contributed by atoms with E-state index in [1.54, 1.807) is 0 Å². The molecule has 3 heterocycles. The highest BCUT2D eigenvalue weighted by Crippen LogP contribution is 2.52. The van der Waals surface area contributed by atoms with Crippen LogP contribution in [0.5, 0.6) is 0 Å². The van der Waals surface area contributed by atoms with Crippen molar-refractivity contribution >= 4 is 117 Å². The SMILES string of the molecule is CCCCCCCCn1c2cc(N(c3ccccc3)c3ccc(-c4ccccc4)cc3)ccc2c2c1c1c3ccc(N(c4ccccc4)c4ccc(-c5ccccc5)cc4)cc3n(CCCCCCCC)c1c1c3ccc(N(c4ccccc4)c4ccc(-c5ccccc5)cc4)cc3n(CCCCCCCC)c21. The van der Waals surface area contributed by atoms with Crippen LogP contribution >= 0.6 is 0 Å². The molecule has 0 saturated carbocycles. The van der Waals surface area contributed by atoms with Gasteiger partial charge in [0.05, 0.1) is 33.1 Å². The number of anilines is 9. The van der Waals surface area contributed by atoms with Gasteiger partial charge in [0.2, 0.25) is 0 Å². The summed E-state index contributed by atoms with van der Waals surface area (Å²) in [5.74, 6) is 0. The van der Waals surface area contributed by atoms with E-state index in [0.717, 1.165) is 90.1 Å². The number of nitrogens with zero attached hydrogens (tertiary/aromatic N) is 6. The Morgan fingerprint density at radius 3 is 0.648 bits per heavy atom. The smallest absolute Gasteiger partial charge is 0.0614 e. The molecule has 3 aromatic heterocycles. The van der Waals surface area contributed by atoms with E-state index in [-0.39, 0.29) is 0 Å². The number of hydrogen-bond acceptors (Lipinski definition) is 3. The lowest BCUT2D eigenvalue weighted by Gasteiger charge is -2.26. The second-order valence-corrected chi connectivity index (χ2v) is 29.8. The quantitative estimate of drug-likeness (QED) is 0.0383. The fraction of sp³-hybridized carbons (Fsp3) is 0.235. The zero-order valence-electron chi connectivity index (χ0n) is 63.5. The number of aromatic nitrogens is 3. The van der Waals surface area contributed by atoms with Gasteiger partial charge in [0.1, 0.15) is 0 Å². The molecule has 0 spiro atoms. The third-order valence-electron chi connectivity index (χ3n) is 22.6. The van der Waals surface area contributed by atoms with E-state index < -0.39 is 0 Å². The van der Waals surface area contributed by atoms with Crippen LogP contribution in [0.3, 0.4) is 0 Å². The van der Waals surface area contributed by atoms with Gasteiger partial charge in [-0.1, -0.05) is 317 Å². The molecular weight excluding hydrogens is 1310 g/mol. The highest BCUT2D eigenvalue weighted by molar-refractivity contribution is 6.40. The molecule has 0 aliphatic rings. The first-order chi connectivity index (χ1) is 53.5. The standard InChI is InChI=1S/C102H102N6/c1-4-7-10-13-16-37-70-103-94-73-88(106(82-46-31-22-32-47-82)85-58-52-79(53-59-85)76-40-25-19-26-41-76)64-67-91(94)97-100(103)98-92-68-65-89(107(83-48-33-23-34-49-83)86-60-54-80(55-61-86)77-42-27-20-28-43-77)74-95(92)104(71-38-17-14-11-8-5-2)102(98)99-93-69-66-90(75-96(93)105(101(97)99)72-39-18-15-12-9-6-3)108(84-50-35-24-36-51-84)87-62-56-81(57-63-87)78-44-29-21-30-45-78/h19-36,40-69,73-75H,4-18,37-39,70-72H2,1-3H3. The Morgan fingerprint density at radius 1 is 0.194 bits per heavy atom. The molecule has 0 bridgehead atoms. The Morgan fingerprint density at radius 2 is 0.398 bits per heavy atom. The molecule has 16 rings (SSSR count). The molecule has 108 heavy (non-hydrogen) atoms. The van der Waals surface area contributed by atoms with Gasteiger partial charge in [-0.05, 0) is 162 Å². The van der Waals surface area contributed by atoms with Gasteiger partial charge in [0, 0.05) is 103 Å². The van der Waals surface area contributed by atoms with Crippen LogP contribution in [0.4, 0.5) is 51.2 Å². The number of fused-ring (bicyclic) bond motifs is 12. The minimum Gasteiger partial charge on any atom is -0.340 e. The third-order valence-corrected chi connectivity index (χ3v) is 22.6. The Hall–Kier alpha value is -11.3. The van der Waals surface area contributed by atoms with Gasteiger partial charge in [-0.25, -0.2) is 0 Å². The maximum atomic E-state index is 2.83. The summed E-state index contributed by atoms with van der Waals surface area (Å²) in [4.78, 5) is 7.45. The van der Waals surface area contributed by atoms with Crippen molar-refractivity contribution in [3.8, 4) is 33.4 Å². The Balaban J connectivity index is 1.00. The minimum atomic E-state index is 0.896. The van der Waals surface area contributed by atoms with Gasteiger partial charge in [0.25, 0.3) is 0 Å². The second kappa shape index (κ2) is 33.6. The van der Waals surface area contributed by atoms with Gasteiger partial charge >= 0.3 is 0 Å². The van der Waals surface area contributed by atoms with E-state index in [9.17, 15) is 0 Å². The van der Waals surface area contributed by atoms with Crippen molar-refractivity contribution in [2.45, 2.75) is 156 Å². The molecule has 0 fully saturated rings. The van der Waals surface area contributed by atoms with Crippen molar-refractivity contribution in [2.24, 2.45) is 0 Å². The van der Waals surface area contributed by atoms with E-state index in [2.05, 4.69) is 359 Å². The number of para-hydroxylation sites is 3. The summed E-state index contributed by atoms with van der Waals surface area (Å²) in [7, 11) is 0. The number of rotatable bonds is 33. The number of aryl methyl sites for hydroxylation is 3. The predicted octanol–water partition coefficient (Wildman–Crippen LogP) is 30.5. The van der Waals surface area contributed by atoms with Gasteiger partial charge < -0.3 is 28.4 Å². The van der Waals surface area contributed by atoms with E-state index in [1.807, 2.05) is 0 Å². The summed E-state index contributed by atoms with van der Waals surface area (Å²) in [6, 6.07) is 116. The van der Waals surface area contributed by atoms with Crippen LogP contribution in [-0.4, -0.2) is 13.7 Å². The summed E-state index contributed by atoms with van der Waals surface area (Å²) in [6.07, 6.45) is 21.8. The number of unbranched alkanes of at least 4 members (excludes halogenated alkanes) is 15. The van der Waals surface area contributed by atoms with Crippen molar-refractivity contribution in [3.05, 3.63) is 309 Å². The lowest BCUT2D eigenvalue weighted by Crippen LogP contribution is -2.10. The van der Waals surface area contributed by atoms with Gasteiger partial charge in [-0.2, -0.15) is 0 Å². The third kappa shape index (κ3) is 14.7. The van der Waals surface area contributed by atoms with Crippen LogP contribution in [0.2, 0.25) is 0 Å². The largest absolute Gasteiger partial charge is 0.340 e. The maximum absolute atomic E-state index is 2.83. The van der Waals surface area contributed by atoms with Crippen molar-refractivity contribution in [2.75, 3.05) is 14.7 Å². The summed E-state index contributed by atoms with van der Waals surface area (Å²) in [5.41, 5.74) is 25.3. The molecule has 0 saturated heterocycles. The average molecular weight is 1410 g/mol. The van der Waals surface area contributed by atoms with Gasteiger partial charge in [-0.15, -0.1) is 0 Å². The number of benzene rings is 13. The van der Waals surface area contributed by atoms with Crippen molar-refractivity contribution in [1.29, 1.82) is 0 Å². The topological polar surface area (TPSA) is 24.5 Å². The molecule has 0 amide bonds. The first kappa shape index (κ1) is 70.9. The fourth-order valence-electron chi connectivity index (χ4n) is 17.2. The van der Waals surface area contributed by atoms with E-state index in [0.29, 0.717) is 0 Å². The van der Waals surface area contributed by atoms with Crippen LogP contribution in [0, 0.1) is 0 Å². The molecule has 16 aromatic rings. The first-order valence-electron chi connectivity index (χ1n) is 40.6. The molecule has 0 N–H and O–H groups in total. The van der Waals surface area contributed by atoms with Crippen LogP contribution in [0.15, 0.2) is 309 Å². The van der Waals surface area contributed by atoms with E-state index >= 15 is 0 Å². The molecule has 6 heteroatoms. The van der Waals surface area contributed by atoms with Crippen LogP contribution in [0.25, 0.3) is 98.8 Å². The zero-order chi connectivity index (χ0) is 73.0. The molecule has 13 aromatic carbocycles. The fourth-order valence-corrected chi connectivity index (χ4v) is 17.2. The average Bonchev–Trinajstić information content (AvgIpc) is 1.51. The lowest BCUT2D eigenvalue weighted by molar-refractivity contribution is 0.570. The normalized spacial score (nSPS) is 11.7. The first-order valence-corrected chi connectivity index (χ1v) is 40.6. The molecule has 0 atom stereocenters. The van der Waals surface area contributed by atoms with Crippen molar-refractivity contribution in [1.82, 2.24) is 13.7 Å². The maximum Gasteiger partial charge on any atom is 0.0614 e. The Kier molecular flexibility index (Phi) is 22.1. The van der Waals surface area contributed by atoms with E-state index in [4.69, 9.17) is 0 Å². The van der Waals surface area contributed by atoms with Crippen LogP contribution in [0.1, 0.15) is 136 Å². The summed E-state index contributed by atoms with van der Waals surface area (Å²) in [5, 5.41) is 7.98. The van der Waals surface area contributed by atoms with Gasteiger partial charge in [0.15, 0.2) is 0 Å². The molecule has 0 aliphatic heterocycles. The highest BCUT2D eigenvalue weighted by atomic mass is 15.2. The zero-order valence-corrected chi connectivity index (χ0v) is 63.5. The second-order valence-electron chi connectivity index (χ2n) is 29.8. The number of hydrogen-bond donors (Lipinski definition) is 0. The van der Waals surface area contributed by atoms with Crippen LogP contribution in [-0.2, 0) is 19.6 Å². The predicted molar refractivity (Wildman–Crippen MR) is 466 cm³/mol. The molecule has 0 unspecified atom stereocenters. The molecule has 0 aliphatic carbocycles. The summed E-state index contributed by atoms with van der Waals surface area (Å²) >= 11 is 0.